The molecular weight excluding hydrogens is 382 g/mol. The number of halogens is 4. The lowest BCUT2D eigenvalue weighted by Gasteiger charge is -2.40. The highest BCUT2D eigenvalue weighted by molar-refractivity contribution is 6.77. The summed E-state index contributed by atoms with van der Waals surface area (Å²) in [5, 5.41) is 0. The average Bonchev–Trinajstić information content (AvgIpc) is 2.46. The summed E-state index contributed by atoms with van der Waals surface area (Å²) in [6.45, 7) is 9.04. The first-order valence-electron chi connectivity index (χ1n) is 7.29. The van der Waals surface area contributed by atoms with Gasteiger partial charge in [0, 0.05) is 18.8 Å². The van der Waals surface area contributed by atoms with Crippen LogP contribution in [-0.4, -0.2) is 21.8 Å². The van der Waals surface area contributed by atoms with Crippen molar-refractivity contribution >= 4 is 55.0 Å². The van der Waals surface area contributed by atoms with Gasteiger partial charge in [-0.2, -0.15) is 0 Å². The highest BCUT2D eigenvalue weighted by Crippen LogP contribution is 2.44. The Morgan fingerprint density at radius 3 is 1.59 bits per heavy atom. The molecule has 0 radical (unpaired) electrons. The standard InChI is InChI=1S/C15H22Cl4O2Si/c1-5-14(16,22(4,20-6-2)21-7-3)12-8-10-13(11-9-12)15(17,18)19/h8-11H,5-7H2,1-4H3. The number of hydrogen-bond acceptors (Lipinski definition) is 2. The third-order valence-electron chi connectivity index (χ3n) is 3.72. The largest absolute Gasteiger partial charge is 0.393 e. The lowest BCUT2D eigenvalue weighted by atomic mass is 10.1. The molecule has 0 heterocycles. The molecular formula is C15H22Cl4O2Si. The van der Waals surface area contributed by atoms with Gasteiger partial charge >= 0.3 is 8.56 Å². The molecule has 0 fully saturated rings. The summed E-state index contributed by atoms with van der Waals surface area (Å²) in [6, 6.07) is 7.33. The molecule has 0 saturated carbocycles. The molecule has 0 amide bonds. The minimum absolute atomic E-state index is 0.559. The zero-order valence-electron chi connectivity index (χ0n) is 13.3. The van der Waals surface area contributed by atoms with Gasteiger partial charge in [-0.1, -0.05) is 66.0 Å². The van der Waals surface area contributed by atoms with E-state index in [2.05, 4.69) is 0 Å². The lowest BCUT2D eigenvalue weighted by molar-refractivity contribution is 0.172. The third kappa shape index (κ3) is 4.32. The summed E-state index contributed by atoms with van der Waals surface area (Å²) in [6.07, 6.45) is 0.685. The van der Waals surface area contributed by atoms with Gasteiger partial charge in [-0.05, 0) is 32.4 Å². The Hall–Kier alpha value is 0.517. The molecule has 126 valence electrons. The van der Waals surface area contributed by atoms with Crippen LogP contribution in [0, 0.1) is 0 Å². The van der Waals surface area contributed by atoms with E-state index in [0.717, 1.165) is 5.56 Å². The predicted octanol–water partition coefficient (Wildman–Crippen LogP) is 6.04. The quantitative estimate of drug-likeness (QED) is 0.408. The molecule has 0 bridgehead atoms. The van der Waals surface area contributed by atoms with Gasteiger partial charge in [0.05, 0.1) is 0 Å². The highest BCUT2D eigenvalue weighted by Gasteiger charge is 2.53. The van der Waals surface area contributed by atoms with Crippen LogP contribution in [-0.2, 0) is 17.1 Å². The SMILES string of the molecule is CCO[Si](C)(OCC)C(Cl)(CC)c1ccc(C(Cl)(Cl)Cl)cc1. The van der Waals surface area contributed by atoms with Crippen molar-refractivity contribution in [2.24, 2.45) is 0 Å². The van der Waals surface area contributed by atoms with Gasteiger partial charge in [-0.15, -0.1) is 11.6 Å². The zero-order chi connectivity index (χ0) is 17.0. The van der Waals surface area contributed by atoms with Crippen LogP contribution in [0.1, 0.15) is 38.3 Å². The monoisotopic (exact) mass is 402 g/mol. The molecule has 1 unspecified atom stereocenters. The van der Waals surface area contributed by atoms with Gasteiger partial charge in [0.1, 0.15) is 4.50 Å². The highest BCUT2D eigenvalue weighted by atomic mass is 35.6. The summed E-state index contributed by atoms with van der Waals surface area (Å²) >= 11 is 24.7. The van der Waals surface area contributed by atoms with E-state index in [1.54, 1.807) is 12.1 Å². The Morgan fingerprint density at radius 1 is 0.864 bits per heavy atom. The fourth-order valence-corrected chi connectivity index (χ4v) is 6.34. The maximum atomic E-state index is 6.99. The van der Waals surface area contributed by atoms with Crippen LogP contribution in [0.2, 0.25) is 6.55 Å². The van der Waals surface area contributed by atoms with E-state index in [4.69, 9.17) is 55.3 Å². The Balaban J connectivity index is 3.26. The Labute approximate surface area is 154 Å². The van der Waals surface area contributed by atoms with Crippen molar-refractivity contribution in [1.29, 1.82) is 0 Å². The second-order valence-electron chi connectivity index (χ2n) is 5.04. The van der Waals surface area contributed by atoms with Gasteiger partial charge < -0.3 is 8.85 Å². The number of alkyl halides is 4. The predicted molar refractivity (Wildman–Crippen MR) is 98.4 cm³/mol. The fourth-order valence-electron chi connectivity index (χ4n) is 2.53. The van der Waals surface area contributed by atoms with Crippen molar-refractivity contribution in [3.63, 3.8) is 0 Å². The molecule has 1 aromatic carbocycles. The van der Waals surface area contributed by atoms with Crippen molar-refractivity contribution < 1.29 is 8.85 Å². The second kappa shape index (κ2) is 8.06. The molecule has 0 aliphatic heterocycles. The van der Waals surface area contributed by atoms with Gasteiger partial charge in [0.2, 0.25) is 3.79 Å². The van der Waals surface area contributed by atoms with Crippen LogP contribution in [0.15, 0.2) is 24.3 Å². The molecule has 0 aliphatic carbocycles. The van der Waals surface area contributed by atoms with E-state index < -0.39 is 16.9 Å². The summed E-state index contributed by atoms with van der Waals surface area (Å²) < 4.78 is 9.82. The zero-order valence-corrected chi connectivity index (χ0v) is 17.3. The summed E-state index contributed by atoms with van der Waals surface area (Å²) in [5.41, 5.74) is 1.53. The maximum Gasteiger partial charge on any atom is 0.361 e. The molecule has 7 heteroatoms. The van der Waals surface area contributed by atoms with Crippen molar-refractivity contribution in [3.05, 3.63) is 35.4 Å². The molecule has 0 aliphatic rings. The average molecular weight is 404 g/mol. The lowest BCUT2D eigenvalue weighted by Crippen LogP contribution is -2.55. The molecule has 1 aromatic rings. The van der Waals surface area contributed by atoms with Crippen LogP contribution >= 0.6 is 46.4 Å². The fraction of sp³-hybridized carbons (Fsp3) is 0.600. The Kier molecular flexibility index (Phi) is 7.54. The van der Waals surface area contributed by atoms with Gasteiger partial charge in [0.15, 0.2) is 0 Å². The first-order valence-corrected chi connectivity index (χ1v) is 11.1. The van der Waals surface area contributed by atoms with Crippen LogP contribution in [0.4, 0.5) is 0 Å². The van der Waals surface area contributed by atoms with E-state index in [1.807, 2.05) is 39.5 Å². The van der Waals surface area contributed by atoms with E-state index in [0.29, 0.717) is 25.2 Å². The van der Waals surface area contributed by atoms with Gasteiger partial charge in [-0.3, -0.25) is 0 Å². The van der Waals surface area contributed by atoms with Crippen LogP contribution in [0.5, 0.6) is 0 Å². The third-order valence-corrected chi connectivity index (χ3v) is 9.65. The van der Waals surface area contributed by atoms with Crippen LogP contribution in [0.3, 0.4) is 0 Å². The molecule has 0 N–H and O–H groups in total. The Bertz CT molecular complexity index is 469. The smallest absolute Gasteiger partial charge is 0.361 e. The minimum Gasteiger partial charge on any atom is -0.393 e. The van der Waals surface area contributed by atoms with Crippen LogP contribution < -0.4 is 0 Å². The molecule has 2 nitrogen and oxygen atoms in total. The summed E-state index contributed by atoms with van der Waals surface area (Å²) in [4.78, 5) is 0. The summed E-state index contributed by atoms with van der Waals surface area (Å²) in [5.74, 6) is 0. The number of hydrogen-bond donors (Lipinski definition) is 0. The molecule has 0 aromatic heterocycles. The first-order chi connectivity index (χ1) is 10.1. The number of rotatable bonds is 7. The van der Waals surface area contributed by atoms with Gasteiger partial charge in [0.25, 0.3) is 0 Å². The van der Waals surface area contributed by atoms with E-state index in [1.165, 1.54) is 0 Å². The van der Waals surface area contributed by atoms with Crippen molar-refractivity contribution in [1.82, 2.24) is 0 Å². The molecule has 22 heavy (non-hydrogen) atoms. The molecule has 0 spiro atoms. The van der Waals surface area contributed by atoms with E-state index in [9.17, 15) is 0 Å². The second-order valence-corrected chi connectivity index (χ2v) is 11.6. The first kappa shape index (κ1) is 20.6. The molecule has 0 saturated heterocycles. The minimum atomic E-state index is -2.64. The Morgan fingerprint density at radius 2 is 1.27 bits per heavy atom. The van der Waals surface area contributed by atoms with E-state index in [-0.39, 0.29) is 0 Å². The van der Waals surface area contributed by atoms with Crippen molar-refractivity contribution in [2.45, 2.75) is 42.0 Å². The van der Waals surface area contributed by atoms with E-state index >= 15 is 0 Å². The number of benzene rings is 1. The van der Waals surface area contributed by atoms with Gasteiger partial charge in [-0.25, -0.2) is 0 Å². The topological polar surface area (TPSA) is 18.5 Å². The summed E-state index contributed by atoms with van der Waals surface area (Å²) in [7, 11) is -2.64. The normalized spacial score (nSPS) is 15.6. The van der Waals surface area contributed by atoms with Crippen molar-refractivity contribution in [3.8, 4) is 0 Å². The van der Waals surface area contributed by atoms with Crippen molar-refractivity contribution in [2.75, 3.05) is 13.2 Å². The molecule has 1 rings (SSSR count). The molecule has 1 atom stereocenters. The van der Waals surface area contributed by atoms with Crippen LogP contribution in [0.25, 0.3) is 0 Å². The maximum absolute atomic E-state index is 6.99.